The molecule has 82 valence electrons. The Balaban J connectivity index is 1.95. The summed E-state index contributed by atoms with van der Waals surface area (Å²) >= 11 is 1.51. The van der Waals surface area contributed by atoms with Crippen molar-refractivity contribution < 1.29 is 4.74 Å². The van der Waals surface area contributed by atoms with Gasteiger partial charge in [0, 0.05) is 11.6 Å². The van der Waals surface area contributed by atoms with Crippen molar-refractivity contribution in [1.82, 2.24) is 4.98 Å². The molecule has 0 spiro atoms. The molecule has 0 aliphatic carbocycles. The Morgan fingerprint density at radius 1 is 1.38 bits per heavy atom. The first-order chi connectivity index (χ1) is 7.88. The number of rotatable bonds is 4. The number of thiazole rings is 1. The Kier molecular flexibility index (Phi) is 3.50. The van der Waals surface area contributed by atoms with Crippen LogP contribution in [0.1, 0.15) is 5.56 Å². The van der Waals surface area contributed by atoms with Gasteiger partial charge in [-0.3, -0.25) is 5.43 Å². The Morgan fingerprint density at radius 3 is 2.81 bits per heavy atom. The highest BCUT2D eigenvalue weighted by Crippen LogP contribution is 2.11. The van der Waals surface area contributed by atoms with E-state index in [0.29, 0.717) is 0 Å². The van der Waals surface area contributed by atoms with Crippen molar-refractivity contribution in [2.24, 2.45) is 5.10 Å². The van der Waals surface area contributed by atoms with Crippen LogP contribution in [0.5, 0.6) is 5.75 Å². The lowest BCUT2D eigenvalue weighted by atomic mass is 10.2. The van der Waals surface area contributed by atoms with E-state index < -0.39 is 0 Å². The highest BCUT2D eigenvalue weighted by atomic mass is 32.1. The molecule has 0 fully saturated rings. The summed E-state index contributed by atoms with van der Waals surface area (Å²) < 4.78 is 5.06. The largest absolute Gasteiger partial charge is 0.497 e. The lowest BCUT2D eigenvalue weighted by Gasteiger charge is -1.98. The molecule has 1 aromatic heterocycles. The van der Waals surface area contributed by atoms with E-state index in [4.69, 9.17) is 4.74 Å². The Hall–Kier alpha value is -1.88. The van der Waals surface area contributed by atoms with Crippen LogP contribution < -0.4 is 10.2 Å². The second kappa shape index (κ2) is 5.27. The average Bonchev–Trinajstić information content (AvgIpc) is 2.83. The van der Waals surface area contributed by atoms with E-state index in [-0.39, 0.29) is 0 Å². The predicted octanol–water partition coefficient (Wildman–Crippen LogP) is 2.60. The number of hydrogen-bond acceptors (Lipinski definition) is 5. The van der Waals surface area contributed by atoms with Gasteiger partial charge in [0.15, 0.2) is 0 Å². The average molecular weight is 233 g/mol. The Bertz CT molecular complexity index is 451. The number of nitrogens with one attached hydrogen (secondary N) is 1. The van der Waals surface area contributed by atoms with E-state index in [1.54, 1.807) is 19.5 Å². The Labute approximate surface area is 97.6 Å². The molecule has 0 aliphatic heterocycles. The molecule has 0 unspecified atom stereocenters. The van der Waals surface area contributed by atoms with Gasteiger partial charge >= 0.3 is 0 Å². The first-order valence-corrected chi connectivity index (χ1v) is 5.59. The number of hydrogen-bond donors (Lipinski definition) is 1. The van der Waals surface area contributed by atoms with Crippen molar-refractivity contribution in [2.45, 2.75) is 0 Å². The molecule has 16 heavy (non-hydrogen) atoms. The molecular weight excluding hydrogens is 222 g/mol. The van der Waals surface area contributed by atoms with Crippen LogP contribution >= 0.6 is 11.3 Å². The fraction of sp³-hybridized carbons (Fsp3) is 0.0909. The van der Waals surface area contributed by atoms with E-state index in [9.17, 15) is 0 Å². The minimum absolute atomic E-state index is 0.782. The number of benzene rings is 1. The van der Waals surface area contributed by atoms with Gasteiger partial charge in [0.1, 0.15) is 5.75 Å². The molecule has 0 atom stereocenters. The summed E-state index contributed by atoms with van der Waals surface area (Å²) in [6.07, 6.45) is 3.47. The smallest absolute Gasteiger partial charge is 0.203 e. The summed E-state index contributed by atoms with van der Waals surface area (Å²) in [4.78, 5) is 4.05. The van der Waals surface area contributed by atoms with Crippen LogP contribution in [0.2, 0.25) is 0 Å². The molecule has 4 nitrogen and oxygen atoms in total. The molecule has 0 saturated heterocycles. The van der Waals surface area contributed by atoms with Crippen LogP contribution in [0.15, 0.2) is 40.9 Å². The van der Waals surface area contributed by atoms with Crippen LogP contribution in [0.25, 0.3) is 0 Å². The van der Waals surface area contributed by atoms with Gasteiger partial charge in [0.25, 0.3) is 0 Å². The lowest BCUT2D eigenvalue weighted by molar-refractivity contribution is 0.415. The maximum atomic E-state index is 5.06. The third-order valence-corrected chi connectivity index (χ3v) is 2.60. The van der Waals surface area contributed by atoms with Gasteiger partial charge in [0.05, 0.1) is 13.3 Å². The van der Waals surface area contributed by atoms with E-state index in [2.05, 4.69) is 15.5 Å². The van der Waals surface area contributed by atoms with Crippen molar-refractivity contribution in [3.05, 3.63) is 41.4 Å². The first-order valence-electron chi connectivity index (χ1n) is 4.71. The summed E-state index contributed by atoms with van der Waals surface area (Å²) in [6, 6.07) is 7.66. The van der Waals surface area contributed by atoms with Crippen LogP contribution in [0.3, 0.4) is 0 Å². The zero-order valence-electron chi connectivity index (χ0n) is 8.75. The van der Waals surface area contributed by atoms with Crippen LogP contribution in [0, 0.1) is 0 Å². The fourth-order valence-electron chi connectivity index (χ4n) is 1.13. The zero-order valence-corrected chi connectivity index (χ0v) is 9.57. The standard InChI is InChI=1S/C11H11N3OS/c1-15-10-4-2-9(3-5-10)8-13-14-11-12-6-7-16-11/h2-8H,1H3,(H,12,14)/b13-8+. The normalized spacial score (nSPS) is 10.6. The number of aromatic nitrogens is 1. The molecular formula is C11H11N3OS. The number of methoxy groups -OCH3 is 1. The number of anilines is 1. The van der Waals surface area contributed by atoms with Gasteiger partial charge in [-0.05, 0) is 29.8 Å². The zero-order chi connectivity index (χ0) is 11.2. The van der Waals surface area contributed by atoms with Crippen LogP contribution in [0.4, 0.5) is 5.13 Å². The van der Waals surface area contributed by atoms with Crippen molar-refractivity contribution in [2.75, 3.05) is 12.5 Å². The van der Waals surface area contributed by atoms with Gasteiger partial charge in [-0.15, -0.1) is 11.3 Å². The molecule has 1 heterocycles. The maximum Gasteiger partial charge on any atom is 0.203 e. The second-order valence-corrected chi connectivity index (χ2v) is 3.87. The van der Waals surface area contributed by atoms with Gasteiger partial charge in [0.2, 0.25) is 5.13 Å². The summed E-state index contributed by atoms with van der Waals surface area (Å²) in [5.41, 5.74) is 3.85. The molecule has 0 radical (unpaired) electrons. The molecule has 0 bridgehead atoms. The molecule has 0 amide bonds. The molecule has 2 aromatic rings. The van der Waals surface area contributed by atoms with Gasteiger partial charge < -0.3 is 4.74 Å². The van der Waals surface area contributed by atoms with E-state index in [1.165, 1.54) is 11.3 Å². The second-order valence-electron chi connectivity index (χ2n) is 2.98. The molecule has 0 aliphatic rings. The minimum Gasteiger partial charge on any atom is -0.497 e. The van der Waals surface area contributed by atoms with Crippen molar-refractivity contribution in [3.63, 3.8) is 0 Å². The highest BCUT2D eigenvalue weighted by Gasteiger charge is 1.91. The van der Waals surface area contributed by atoms with Crippen LogP contribution in [-0.2, 0) is 0 Å². The number of ether oxygens (including phenoxy) is 1. The topological polar surface area (TPSA) is 46.5 Å². The van der Waals surface area contributed by atoms with E-state index in [1.807, 2.05) is 29.6 Å². The summed E-state index contributed by atoms with van der Waals surface area (Å²) in [5.74, 6) is 0.838. The summed E-state index contributed by atoms with van der Waals surface area (Å²) in [5, 5.41) is 6.75. The summed E-state index contributed by atoms with van der Waals surface area (Å²) in [6.45, 7) is 0. The lowest BCUT2D eigenvalue weighted by Crippen LogP contribution is -1.89. The SMILES string of the molecule is COc1ccc(/C=N/Nc2nccs2)cc1. The third kappa shape index (κ3) is 2.80. The van der Waals surface area contributed by atoms with E-state index >= 15 is 0 Å². The minimum atomic E-state index is 0.782. The maximum absolute atomic E-state index is 5.06. The fourth-order valence-corrected chi connectivity index (χ4v) is 1.61. The number of hydrazone groups is 1. The van der Waals surface area contributed by atoms with Crippen LogP contribution in [-0.4, -0.2) is 18.3 Å². The van der Waals surface area contributed by atoms with Crippen molar-refractivity contribution in [1.29, 1.82) is 0 Å². The first kappa shape index (κ1) is 10.6. The summed E-state index contributed by atoms with van der Waals surface area (Å²) in [7, 11) is 1.65. The third-order valence-electron chi connectivity index (χ3n) is 1.92. The molecule has 2 rings (SSSR count). The monoisotopic (exact) mass is 233 g/mol. The number of nitrogens with zero attached hydrogens (tertiary/aromatic N) is 2. The Morgan fingerprint density at radius 2 is 2.19 bits per heavy atom. The van der Waals surface area contributed by atoms with Gasteiger partial charge in [-0.2, -0.15) is 5.10 Å². The predicted molar refractivity (Wildman–Crippen MR) is 66.3 cm³/mol. The van der Waals surface area contributed by atoms with E-state index in [0.717, 1.165) is 16.4 Å². The van der Waals surface area contributed by atoms with Gasteiger partial charge in [-0.25, -0.2) is 4.98 Å². The molecule has 0 saturated carbocycles. The molecule has 1 N–H and O–H groups in total. The highest BCUT2D eigenvalue weighted by molar-refractivity contribution is 7.13. The van der Waals surface area contributed by atoms with Crippen molar-refractivity contribution >= 4 is 22.7 Å². The molecule has 1 aromatic carbocycles. The quantitative estimate of drug-likeness (QED) is 0.652. The van der Waals surface area contributed by atoms with Crippen molar-refractivity contribution in [3.8, 4) is 5.75 Å². The molecule has 5 heteroatoms. The van der Waals surface area contributed by atoms with Gasteiger partial charge in [-0.1, -0.05) is 0 Å².